The third-order valence-corrected chi connectivity index (χ3v) is 3.99. The van der Waals surface area contributed by atoms with Crippen LogP contribution in [-0.4, -0.2) is 16.1 Å². The summed E-state index contributed by atoms with van der Waals surface area (Å²) >= 11 is 1.48. The summed E-state index contributed by atoms with van der Waals surface area (Å²) in [7, 11) is 0. The molecule has 3 aromatic rings. The number of anilines is 3. The topological polar surface area (TPSA) is 88.2 Å². The van der Waals surface area contributed by atoms with Crippen molar-refractivity contribution < 1.29 is 9.90 Å². The average Bonchev–Trinajstić information content (AvgIpc) is 2.82. The number of thiazole rings is 1. The van der Waals surface area contributed by atoms with E-state index in [0.29, 0.717) is 16.5 Å². The number of fused-ring (bicyclic) bond motifs is 1. The Morgan fingerprint density at radius 1 is 1.29 bits per heavy atom. The molecular formula is C15H13N3O2S. The standard InChI is InChI=1S/C15H13N3O2S/c1-8-2-4-12-13(6-8)21-15(18-12)17-11-5-3-9(16)7-10(11)14(19)20/h2-7H,16H2,1H3,(H,17,18)(H,19,20). The van der Waals surface area contributed by atoms with Crippen LogP contribution in [0.3, 0.4) is 0 Å². The Labute approximate surface area is 125 Å². The number of hydrogen-bond acceptors (Lipinski definition) is 5. The van der Waals surface area contributed by atoms with E-state index < -0.39 is 5.97 Å². The number of nitrogens with two attached hydrogens (primary N) is 1. The summed E-state index contributed by atoms with van der Waals surface area (Å²) in [5.74, 6) is -1.03. The van der Waals surface area contributed by atoms with Crippen LogP contribution in [0.4, 0.5) is 16.5 Å². The number of nitrogen functional groups attached to an aromatic ring is 1. The predicted octanol–water partition coefficient (Wildman–Crippen LogP) is 3.63. The quantitative estimate of drug-likeness (QED) is 0.643. The van der Waals surface area contributed by atoms with Gasteiger partial charge in [0, 0.05) is 5.69 Å². The third-order valence-electron chi connectivity index (χ3n) is 3.06. The number of nitrogens with one attached hydrogen (secondary N) is 1. The lowest BCUT2D eigenvalue weighted by molar-refractivity contribution is 0.0698. The molecule has 0 saturated carbocycles. The average molecular weight is 299 g/mol. The van der Waals surface area contributed by atoms with Gasteiger partial charge in [-0.25, -0.2) is 9.78 Å². The van der Waals surface area contributed by atoms with E-state index in [1.807, 2.05) is 19.1 Å². The van der Waals surface area contributed by atoms with E-state index in [1.54, 1.807) is 12.1 Å². The largest absolute Gasteiger partial charge is 0.478 e. The molecule has 0 atom stereocenters. The third kappa shape index (κ3) is 2.66. The Morgan fingerprint density at radius 3 is 2.86 bits per heavy atom. The molecule has 0 spiro atoms. The fraction of sp³-hybridized carbons (Fsp3) is 0.0667. The molecule has 5 nitrogen and oxygen atoms in total. The lowest BCUT2D eigenvalue weighted by atomic mass is 10.1. The van der Waals surface area contributed by atoms with Gasteiger partial charge >= 0.3 is 5.97 Å². The second kappa shape index (κ2) is 5.06. The van der Waals surface area contributed by atoms with Crippen molar-refractivity contribution >= 4 is 44.0 Å². The van der Waals surface area contributed by atoms with E-state index in [9.17, 15) is 9.90 Å². The van der Waals surface area contributed by atoms with Gasteiger partial charge < -0.3 is 16.2 Å². The van der Waals surface area contributed by atoms with Gasteiger partial charge in [0.15, 0.2) is 5.13 Å². The minimum atomic E-state index is -1.03. The van der Waals surface area contributed by atoms with Crippen molar-refractivity contribution in [1.82, 2.24) is 4.98 Å². The van der Waals surface area contributed by atoms with Gasteiger partial charge in [0.25, 0.3) is 0 Å². The highest BCUT2D eigenvalue weighted by atomic mass is 32.1. The molecule has 6 heteroatoms. The van der Waals surface area contributed by atoms with Gasteiger partial charge in [0.1, 0.15) is 0 Å². The van der Waals surface area contributed by atoms with Crippen molar-refractivity contribution in [1.29, 1.82) is 0 Å². The molecule has 2 aromatic carbocycles. The number of rotatable bonds is 3. The molecule has 0 saturated heterocycles. The van der Waals surface area contributed by atoms with Crippen molar-refractivity contribution in [2.75, 3.05) is 11.1 Å². The number of nitrogens with zero attached hydrogens (tertiary/aromatic N) is 1. The van der Waals surface area contributed by atoms with Crippen molar-refractivity contribution in [2.45, 2.75) is 6.92 Å². The van der Waals surface area contributed by atoms with E-state index >= 15 is 0 Å². The van der Waals surface area contributed by atoms with Crippen molar-refractivity contribution in [3.8, 4) is 0 Å². The summed E-state index contributed by atoms with van der Waals surface area (Å²) in [6, 6.07) is 10.7. The smallest absolute Gasteiger partial charge is 0.337 e. The molecule has 0 amide bonds. The van der Waals surface area contributed by atoms with Crippen LogP contribution in [0.2, 0.25) is 0 Å². The number of carbonyl (C=O) groups is 1. The van der Waals surface area contributed by atoms with Gasteiger partial charge in [-0.15, -0.1) is 0 Å². The fourth-order valence-corrected chi connectivity index (χ4v) is 3.02. The Hall–Kier alpha value is -2.60. The first-order valence-corrected chi connectivity index (χ1v) is 7.11. The molecular weight excluding hydrogens is 286 g/mol. The normalized spacial score (nSPS) is 10.7. The van der Waals surface area contributed by atoms with Gasteiger partial charge in [-0.2, -0.15) is 0 Å². The second-order valence-electron chi connectivity index (χ2n) is 4.73. The van der Waals surface area contributed by atoms with Crippen LogP contribution in [0.15, 0.2) is 36.4 Å². The SMILES string of the molecule is Cc1ccc2nc(Nc3ccc(N)cc3C(=O)O)sc2c1. The second-order valence-corrected chi connectivity index (χ2v) is 5.76. The molecule has 0 aliphatic carbocycles. The minimum Gasteiger partial charge on any atom is -0.478 e. The van der Waals surface area contributed by atoms with E-state index in [1.165, 1.54) is 17.4 Å². The van der Waals surface area contributed by atoms with Gasteiger partial charge in [-0.3, -0.25) is 0 Å². The summed E-state index contributed by atoms with van der Waals surface area (Å²) in [6.07, 6.45) is 0. The van der Waals surface area contributed by atoms with Crippen LogP contribution in [-0.2, 0) is 0 Å². The number of aromatic carboxylic acids is 1. The molecule has 0 fully saturated rings. The summed E-state index contributed by atoms with van der Waals surface area (Å²) < 4.78 is 1.06. The fourth-order valence-electron chi connectivity index (χ4n) is 2.05. The van der Waals surface area contributed by atoms with Crippen LogP contribution in [0.25, 0.3) is 10.2 Å². The summed E-state index contributed by atoms with van der Waals surface area (Å²) in [6.45, 7) is 2.02. The molecule has 0 bridgehead atoms. The first-order chi connectivity index (χ1) is 10.0. The van der Waals surface area contributed by atoms with Gasteiger partial charge in [0.05, 0.1) is 21.5 Å². The van der Waals surface area contributed by atoms with E-state index in [4.69, 9.17) is 5.73 Å². The maximum atomic E-state index is 11.3. The Morgan fingerprint density at radius 2 is 2.10 bits per heavy atom. The molecule has 0 radical (unpaired) electrons. The van der Waals surface area contributed by atoms with Gasteiger partial charge in [0.2, 0.25) is 0 Å². The van der Waals surface area contributed by atoms with E-state index in [2.05, 4.69) is 16.4 Å². The van der Waals surface area contributed by atoms with Crippen molar-refractivity contribution in [3.63, 3.8) is 0 Å². The lowest BCUT2D eigenvalue weighted by Crippen LogP contribution is -2.03. The number of hydrogen-bond donors (Lipinski definition) is 3. The maximum Gasteiger partial charge on any atom is 0.337 e. The Kier molecular flexibility index (Phi) is 3.23. The van der Waals surface area contributed by atoms with E-state index in [-0.39, 0.29) is 5.56 Å². The monoisotopic (exact) mass is 299 g/mol. The highest BCUT2D eigenvalue weighted by Crippen LogP contribution is 2.30. The lowest BCUT2D eigenvalue weighted by Gasteiger charge is -2.07. The molecule has 0 aliphatic heterocycles. The van der Waals surface area contributed by atoms with Crippen LogP contribution in [0.5, 0.6) is 0 Å². The first-order valence-electron chi connectivity index (χ1n) is 6.30. The van der Waals surface area contributed by atoms with Crippen LogP contribution in [0.1, 0.15) is 15.9 Å². The van der Waals surface area contributed by atoms with Crippen LogP contribution >= 0.6 is 11.3 Å². The molecule has 21 heavy (non-hydrogen) atoms. The van der Waals surface area contributed by atoms with Gasteiger partial charge in [-0.05, 0) is 42.8 Å². The first kappa shape index (κ1) is 13.4. The molecule has 1 heterocycles. The molecule has 0 unspecified atom stereocenters. The number of carboxylic acids is 1. The predicted molar refractivity (Wildman–Crippen MR) is 85.5 cm³/mol. The molecule has 0 aliphatic rings. The summed E-state index contributed by atoms with van der Waals surface area (Å²) in [5, 5.41) is 12.9. The molecule has 4 N–H and O–H groups in total. The van der Waals surface area contributed by atoms with Crippen molar-refractivity contribution in [3.05, 3.63) is 47.5 Å². The van der Waals surface area contributed by atoms with E-state index in [0.717, 1.165) is 15.8 Å². The minimum absolute atomic E-state index is 0.130. The summed E-state index contributed by atoms with van der Waals surface area (Å²) in [5.41, 5.74) is 8.71. The number of benzene rings is 2. The zero-order valence-electron chi connectivity index (χ0n) is 11.3. The Bertz CT molecular complexity index is 842. The number of carboxylic acid groups (broad SMARTS) is 1. The summed E-state index contributed by atoms with van der Waals surface area (Å²) in [4.78, 5) is 15.7. The maximum absolute atomic E-state index is 11.3. The van der Waals surface area contributed by atoms with Crippen LogP contribution in [0, 0.1) is 6.92 Å². The highest BCUT2D eigenvalue weighted by Gasteiger charge is 2.12. The molecule has 3 rings (SSSR count). The number of aromatic nitrogens is 1. The Balaban J connectivity index is 2.00. The van der Waals surface area contributed by atoms with Gasteiger partial charge in [-0.1, -0.05) is 17.4 Å². The highest BCUT2D eigenvalue weighted by molar-refractivity contribution is 7.22. The zero-order chi connectivity index (χ0) is 15.0. The van der Waals surface area contributed by atoms with Crippen molar-refractivity contribution in [2.24, 2.45) is 0 Å². The number of aryl methyl sites for hydroxylation is 1. The van der Waals surface area contributed by atoms with Crippen LogP contribution < -0.4 is 11.1 Å². The molecule has 1 aromatic heterocycles. The zero-order valence-corrected chi connectivity index (χ0v) is 12.1. The molecule has 106 valence electrons.